The molecule has 5 nitrogen and oxygen atoms in total. The molecule has 0 atom stereocenters. The van der Waals surface area contributed by atoms with Crippen LogP contribution in [0.4, 0.5) is 0 Å². The van der Waals surface area contributed by atoms with Gasteiger partial charge >= 0.3 is 0 Å². The molecule has 5 heteroatoms. The summed E-state index contributed by atoms with van der Waals surface area (Å²) in [6.45, 7) is 3.34. The monoisotopic (exact) mass is 275 g/mol. The molecule has 0 saturated carbocycles. The molecule has 20 heavy (non-hydrogen) atoms. The maximum absolute atomic E-state index is 12.0. The zero-order valence-electron chi connectivity index (χ0n) is 11.6. The lowest BCUT2D eigenvalue weighted by atomic mass is 10.1. The average Bonchev–Trinajstić information content (AvgIpc) is 2.75. The highest BCUT2D eigenvalue weighted by atomic mass is 16.2. The van der Waals surface area contributed by atoms with Crippen LogP contribution in [-0.2, 0) is 16.0 Å². The summed E-state index contributed by atoms with van der Waals surface area (Å²) in [6, 6.07) is 9.53. The molecule has 1 aromatic rings. The van der Waals surface area contributed by atoms with Gasteiger partial charge in [-0.05, 0) is 18.5 Å². The first-order chi connectivity index (χ1) is 9.75. The van der Waals surface area contributed by atoms with E-state index >= 15 is 0 Å². The van der Waals surface area contributed by atoms with E-state index in [1.165, 1.54) is 0 Å². The standard InChI is InChI=1S/C15H21N3O2/c19-14(11-13-5-2-1-3-6-13)17-12-15(20)18-9-4-7-16-8-10-18/h1-3,5-6,16H,4,7-12H2,(H,17,19). The molecule has 1 saturated heterocycles. The quantitative estimate of drug-likeness (QED) is 0.823. The second kappa shape index (κ2) is 7.65. The van der Waals surface area contributed by atoms with Crippen LogP contribution in [0.5, 0.6) is 0 Å². The smallest absolute Gasteiger partial charge is 0.242 e. The highest BCUT2D eigenvalue weighted by Crippen LogP contribution is 1.99. The normalized spacial score (nSPS) is 15.5. The van der Waals surface area contributed by atoms with Gasteiger partial charge in [0.05, 0.1) is 13.0 Å². The van der Waals surface area contributed by atoms with Crippen molar-refractivity contribution in [2.24, 2.45) is 0 Å². The Labute approximate surface area is 119 Å². The Morgan fingerprint density at radius 2 is 1.95 bits per heavy atom. The Morgan fingerprint density at radius 3 is 2.75 bits per heavy atom. The van der Waals surface area contributed by atoms with Crippen molar-refractivity contribution < 1.29 is 9.59 Å². The zero-order chi connectivity index (χ0) is 14.2. The van der Waals surface area contributed by atoms with Crippen LogP contribution in [0.1, 0.15) is 12.0 Å². The van der Waals surface area contributed by atoms with Gasteiger partial charge in [-0.3, -0.25) is 9.59 Å². The predicted molar refractivity (Wildman–Crippen MR) is 77.2 cm³/mol. The SMILES string of the molecule is O=C(Cc1ccccc1)NCC(=O)N1CCCNCC1. The van der Waals surface area contributed by atoms with E-state index < -0.39 is 0 Å². The van der Waals surface area contributed by atoms with Gasteiger partial charge in [0.2, 0.25) is 11.8 Å². The van der Waals surface area contributed by atoms with Gasteiger partial charge in [-0.1, -0.05) is 30.3 Å². The van der Waals surface area contributed by atoms with Gasteiger partial charge in [-0.15, -0.1) is 0 Å². The molecule has 2 N–H and O–H groups in total. The highest BCUT2D eigenvalue weighted by Gasteiger charge is 2.15. The number of amides is 2. The summed E-state index contributed by atoms with van der Waals surface area (Å²) in [5, 5.41) is 5.95. The van der Waals surface area contributed by atoms with E-state index in [9.17, 15) is 9.59 Å². The largest absolute Gasteiger partial charge is 0.347 e. The van der Waals surface area contributed by atoms with E-state index in [1.54, 1.807) is 0 Å². The van der Waals surface area contributed by atoms with Crippen LogP contribution in [-0.4, -0.2) is 49.4 Å². The third-order valence-corrected chi connectivity index (χ3v) is 3.34. The Morgan fingerprint density at radius 1 is 1.15 bits per heavy atom. The van der Waals surface area contributed by atoms with Gasteiger partial charge in [0.1, 0.15) is 0 Å². The van der Waals surface area contributed by atoms with Crippen molar-refractivity contribution in [3.05, 3.63) is 35.9 Å². The number of nitrogens with one attached hydrogen (secondary N) is 2. The molecule has 1 fully saturated rings. The van der Waals surface area contributed by atoms with Crippen molar-refractivity contribution in [3.63, 3.8) is 0 Å². The van der Waals surface area contributed by atoms with Crippen molar-refractivity contribution in [3.8, 4) is 0 Å². The second-order valence-electron chi connectivity index (χ2n) is 4.92. The maximum Gasteiger partial charge on any atom is 0.242 e. The minimum absolute atomic E-state index is 0.00453. The van der Waals surface area contributed by atoms with Crippen molar-refractivity contribution in [2.75, 3.05) is 32.7 Å². The molecule has 1 heterocycles. The fourth-order valence-corrected chi connectivity index (χ4v) is 2.22. The molecular formula is C15H21N3O2. The van der Waals surface area contributed by atoms with Crippen molar-refractivity contribution in [1.29, 1.82) is 0 Å². The molecule has 0 aromatic heterocycles. The van der Waals surface area contributed by atoms with Gasteiger partial charge in [-0.2, -0.15) is 0 Å². The summed E-state index contributed by atoms with van der Waals surface area (Å²) in [5.74, 6) is -0.118. The van der Waals surface area contributed by atoms with Crippen LogP contribution in [0.2, 0.25) is 0 Å². The van der Waals surface area contributed by atoms with Crippen LogP contribution in [0.25, 0.3) is 0 Å². The van der Waals surface area contributed by atoms with Gasteiger partial charge in [0.15, 0.2) is 0 Å². The van der Waals surface area contributed by atoms with Gasteiger partial charge in [0.25, 0.3) is 0 Å². The van der Waals surface area contributed by atoms with Crippen molar-refractivity contribution in [1.82, 2.24) is 15.5 Å². The van der Waals surface area contributed by atoms with E-state index in [1.807, 2.05) is 35.2 Å². The number of benzene rings is 1. The van der Waals surface area contributed by atoms with E-state index in [0.29, 0.717) is 13.0 Å². The van der Waals surface area contributed by atoms with Gasteiger partial charge in [0, 0.05) is 19.6 Å². The zero-order valence-corrected chi connectivity index (χ0v) is 11.6. The van der Waals surface area contributed by atoms with Crippen LogP contribution in [0.3, 0.4) is 0 Å². The van der Waals surface area contributed by atoms with Crippen molar-refractivity contribution >= 4 is 11.8 Å². The van der Waals surface area contributed by atoms with Crippen molar-refractivity contribution in [2.45, 2.75) is 12.8 Å². The third kappa shape index (κ3) is 4.66. The molecule has 1 aliphatic heterocycles. The molecule has 1 aromatic carbocycles. The van der Waals surface area contributed by atoms with Gasteiger partial charge in [-0.25, -0.2) is 0 Å². The van der Waals surface area contributed by atoms with Crippen LogP contribution < -0.4 is 10.6 Å². The molecule has 0 unspecified atom stereocenters. The molecular weight excluding hydrogens is 254 g/mol. The Kier molecular flexibility index (Phi) is 5.55. The van der Waals surface area contributed by atoms with Crippen LogP contribution in [0.15, 0.2) is 30.3 Å². The first kappa shape index (κ1) is 14.5. The van der Waals surface area contributed by atoms with Crippen LogP contribution >= 0.6 is 0 Å². The lowest BCUT2D eigenvalue weighted by Crippen LogP contribution is -2.42. The molecule has 0 radical (unpaired) electrons. The average molecular weight is 275 g/mol. The fraction of sp³-hybridized carbons (Fsp3) is 0.467. The molecule has 0 aliphatic carbocycles. The molecule has 2 rings (SSSR count). The number of nitrogens with zero attached hydrogens (tertiary/aromatic N) is 1. The third-order valence-electron chi connectivity index (χ3n) is 3.34. The summed E-state index contributed by atoms with van der Waals surface area (Å²) >= 11 is 0. The Bertz CT molecular complexity index is 440. The van der Waals surface area contributed by atoms with Gasteiger partial charge < -0.3 is 15.5 Å². The molecule has 1 aliphatic rings. The van der Waals surface area contributed by atoms with E-state index in [2.05, 4.69) is 10.6 Å². The molecule has 0 spiro atoms. The predicted octanol–water partition coefficient (Wildman–Crippen LogP) is 0.167. The highest BCUT2D eigenvalue weighted by molar-refractivity contribution is 5.85. The first-order valence-electron chi connectivity index (χ1n) is 7.05. The summed E-state index contributed by atoms with van der Waals surface area (Å²) in [5.41, 5.74) is 0.955. The fourth-order valence-electron chi connectivity index (χ4n) is 2.22. The minimum atomic E-state index is -0.113. The lowest BCUT2D eigenvalue weighted by molar-refractivity contribution is -0.132. The number of hydrogen-bond acceptors (Lipinski definition) is 3. The molecule has 2 amide bonds. The number of carbonyl (C=O) groups excluding carboxylic acids is 2. The summed E-state index contributed by atoms with van der Waals surface area (Å²) in [4.78, 5) is 25.6. The summed E-state index contributed by atoms with van der Waals surface area (Å²) in [6.07, 6.45) is 1.28. The van der Waals surface area contributed by atoms with E-state index in [4.69, 9.17) is 0 Å². The Hall–Kier alpha value is -1.88. The lowest BCUT2D eigenvalue weighted by Gasteiger charge is -2.20. The Balaban J connectivity index is 1.73. The number of hydrogen-bond donors (Lipinski definition) is 2. The number of carbonyl (C=O) groups is 2. The molecule has 0 bridgehead atoms. The maximum atomic E-state index is 12.0. The second-order valence-corrected chi connectivity index (χ2v) is 4.92. The summed E-state index contributed by atoms with van der Waals surface area (Å²) < 4.78 is 0. The van der Waals surface area contributed by atoms with E-state index in [0.717, 1.165) is 31.6 Å². The van der Waals surface area contributed by atoms with E-state index in [-0.39, 0.29) is 18.4 Å². The number of rotatable bonds is 4. The summed E-state index contributed by atoms with van der Waals surface area (Å²) in [7, 11) is 0. The topological polar surface area (TPSA) is 61.4 Å². The van der Waals surface area contributed by atoms with Crippen LogP contribution in [0, 0.1) is 0 Å². The minimum Gasteiger partial charge on any atom is -0.347 e. The first-order valence-corrected chi connectivity index (χ1v) is 7.05. The molecule has 108 valence electrons.